The van der Waals surface area contributed by atoms with Gasteiger partial charge in [0.2, 0.25) is 0 Å². The van der Waals surface area contributed by atoms with Gasteiger partial charge in [-0.25, -0.2) is 0 Å². The highest BCUT2D eigenvalue weighted by Gasteiger charge is 2.17. The molecule has 20 heavy (non-hydrogen) atoms. The minimum atomic E-state index is -0.257. The monoisotopic (exact) mass is 282 g/mol. The van der Waals surface area contributed by atoms with E-state index in [1.54, 1.807) is 19.2 Å². The summed E-state index contributed by atoms with van der Waals surface area (Å²) < 4.78 is 15.4. The molecule has 0 aliphatic carbocycles. The fourth-order valence-electron chi connectivity index (χ4n) is 1.82. The molecule has 0 spiro atoms. The Balaban J connectivity index is 2.97. The number of methoxy groups -OCH3 is 3. The molecule has 6 heteroatoms. The molecule has 0 saturated heterocycles. The van der Waals surface area contributed by atoms with E-state index in [4.69, 9.17) is 19.9 Å². The van der Waals surface area contributed by atoms with Gasteiger partial charge < -0.3 is 25.3 Å². The van der Waals surface area contributed by atoms with Crippen molar-refractivity contribution >= 4 is 11.6 Å². The highest BCUT2D eigenvalue weighted by atomic mass is 16.5. The Bertz CT molecular complexity index is 463. The molecule has 1 aromatic carbocycles. The third kappa shape index (κ3) is 3.77. The molecule has 0 radical (unpaired) electrons. The van der Waals surface area contributed by atoms with Crippen molar-refractivity contribution in [3.8, 4) is 11.5 Å². The van der Waals surface area contributed by atoms with Crippen LogP contribution in [0.1, 0.15) is 23.7 Å². The first-order chi connectivity index (χ1) is 9.57. The van der Waals surface area contributed by atoms with Crippen LogP contribution in [-0.2, 0) is 4.74 Å². The summed E-state index contributed by atoms with van der Waals surface area (Å²) in [6.07, 6.45) is 0.771. The minimum absolute atomic E-state index is 0.0556. The lowest BCUT2D eigenvalue weighted by Crippen LogP contribution is -2.37. The Morgan fingerprint density at radius 2 is 1.85 bits per heavy atom. The Morgan fingerprint density at radius 1 is 1.25 bits per heavy atom. The summed E-state index contributed by atoms with van der Waals surface area (Å²) in [7, 11) is 4.62. The molecule has 6 nitrogen and oxygen atoms in total. The summed E-state index contributed by atoms with van der Waals surface area (Å²) in [5.74, 6) is 0.699. The van der Waals surface area contributed by atoms with Gasteiger partial charge in [-0.15, -0.1) is 0 Å². The Hall–Kier alpha value is -1.95. The summed E-state index contributed by atoms with van der Waals surface area (Å²) >= 11 is 0. The van der Waals surface area contributed by atoms with Crippen molar-refractivity contribution < 1.29 is 19.0 Å². The van der Waals surface area contributed by atoms with Gasteiger partial charge in [-0.05, 0) is 12.5 Å². The van der Waals surface area contributed by atoms with Crippen molar-refractivity contribution in [2.24, 2.45) is 0 Å². The van der Waals surface area contributed by atoms with Crippen molar-refractivity contribution in [2.45, 2.75) is 19.4 Å². The molecule has 1 atom stereocenters. The van der Waals surface area contributed by atoms with Crippen LogP contribution in [0.25, 0.3) is 0 Å². The standard InChI is InChI=1S/C14H22N2O4/c1-5-9(8-18-2)16-14(17)10-6-12(19-3)13(20-4)7-11(10)15/h6-7,9H,5,8,15H2,1-4H3,(H,16,17). The lowest BCUT2D eigenvalue weighted by molar-refractivity contribution is 0.0895. The highest BCUT2D eigenvalue weighted by Crippen LogP contribution is 2.31. The maximum absolute atomic E-state index is 12.2. The Morgan fingerprint density at radius 3 is 2.35 bits per heavy atom. The molecule has 0 aromatic heterocycles. The first kappa shape index (κ1) is 16.1. The van der Waals surface area contributed by atoms with E-state index in [1.807, 2.05) is 6.92 Å². The van der Waals surface area contributed by atoms with Gasteiger partial charge >= 0.3 is 0 Å². The minimum Gasteiger partial charge on any atom is -0.493 e. The molecule has 1 rings (SSSR count). The van der Waals surface area contributed by atoms with Crippen LogP contribution < -0.4 is 20.5 Å². The molecule has 0 saturated carbocycles. The Kier molecular flexibility index (Phi) is 6.11. The van der Waals surface area contributed by atoms with Gasteiger partial charge in [0.15, 0.2) is 11.5 Å². The SMILES string of the molecule is CCC(COC)NC(=O)c1cc(OC)c(OC)cc1N. The van der Waals surface area contributed by atoms with Crippen LogP contribution >= 0.6 is 0 Å². The summed E-state index contributed by atoms with van der Waals surface area (Å²) in [5.41, 5.74) is 6.58. The van der Waals surface area contributed by atoms with Crippen LogP contribution in [0.3, 0.4) is 0 Å². The van der Waals surface area contributed by atoms with Gasteiger partial charge in [0.05, 0.1) is 32.4 Å². The number of anilines is 1. The molecule has 3 N–H and O–H groups in total. The third-order valence-electron chi connectivity index (χ3n) is 3.00. The van der Waals surface area contributed by atoms with Crippen LogP contribution in [0, 0.1) is 0 Å². The molecular formula is C14H22N2O4. The lowest BCUT2D eigenvalue weighted by Gasteiger charge is -2.17. The zero-order valence-corrected chi connectivity index (χ0v) is 12.4. The number of nitrogens with one attached hydrogen (secondary N) is 1. The van der Waals surface area contributed by atoms with Crippen molar-refractivity contribution in [1.29, 1.82) is 0 Å². The van der Waals surface area contributed by atoms with Crippen molar-refractivity contribution in [2.75, 3.05) is 33.7 Å². The van der Waals surface area contributed by atoms with Crippen molar-refractivity contribution in [3.05, 3.63) is 17.7 Å². The number of carbonyl (C=O) groups is 1. The van der Waals surface area contributed by atoms with Crippen LogP contribution in [0.5, 0.6) is 11.5 Å². The van der Waals surface area contributed by atoms with Crippen molar-refractivity contribution in [3.63, 3.8) is 0 Å². The third-order valence-corrected chi connectivity index (χ3v) is 3.00. The number of ether oxygens (including phenoxy) is 3. The second kappa shape index (κ2) is 7.59. The van der Waals surface area contributed by atoms with Crippen molar-refractivity contribution in [1.82, 2.24) is 5.32 Å². The largest absolute Gasteiger partial charge is 0.493 e. The topological polar surface area (TPSA) is 82.8 Å². The maximum atomic E-state index is 12.2. The van der Waals surface area contributed by atoms with Gasteiger partial charge in [0.1, 0.15) is 0 Å². The average Bonchev–Trinajstić information content (AvgIpc) is 2.46. The van der Waals surface area contributed by atoms with E-state index in [2.05, 4.69) is 5.32 Å². The first-order valence-electron chi connectivity index (χ1n) is 6.38. The summed E-state index contributed by atoms with van der Waals surface area (Å²) in [4.78, 5) is 12.2. The lowest BCUT2D eigenvalue weighted by atomic mass is 10.1. The second-order valence-electron chi connectivity index (χ2n) is 4.33. The highest BCUT2D eigenvalue weighted by molar-refractivity contribution is 6.00. The molecule has 1 unspecified atom stereocenters. The van der Waals surface area contributed by atoms with E-state index in [-0.39, 0.29) is 11.9 Å². The van der Waals surface area contributed by atoms with Gasteiger partial charge in [-0.2, -0.15) is 0 Å². The Labute approximate surface area is 119 Å². The molecule has 1 amide bonds. The van der Waals surface area contributed by atoms with E-state index in [0.29, 0.717) is 29.4 Å². The zero-order chi connectivity index (χ0) is 15.1. The fraction of sp³-hybridized carbons (Fsp3) is 0.500. The van der Waals surface area contributed by atoms with Crippen LogP contribution in [0.4, 0.5) is 5.69 Å². The van der Waals surface area contributed by atoms with E-state index < -0.39 is 0 Å². The number of hydrogen-bond acceptors (Lipinski definition) is 5. The molecule has 0 fully saturated rings. The normalized spacial score (nSPS) is 11.8. The number of hydrogen-bond donors (Lipinski definition) is 2. The second-order valence-corrected chi connectivity index (χ2v) is 4.33. The van der Waals surface area contributed by atoms with E-state index in [0.717, 1.165) is 6.42 Å². The summed E-state index contributed by atoms with van der Waals surface area (Å²) in [6, 6.07) is 3.09. The zero-order valence-electron chi connectivity index (χ0n) is 12.4. The number of benzene rings is 1. The number of nitrogens with two attached hydrogens (primary N) is 1. The first-order valence-corrected chi connectivity index (χ1v) is 6.38. The predicted molar refractivity (Wildman–Crippen MR) is 77.4 cm³/mol. The smallest absolute Gasteiger partial charge is 0.253 e. The fourth-order valence-corrected chi connectivity index (χ4v) is 1.82. The van der Waals surface area contributed by atoms with Crippen LogP contribution in [0.2, 0.25) is 0 Å². The van der Waals surface area contributed by atoms with Gasteiger partial charge in [0, 0.05) is 18.9 Å². The summed E-state index contributed by atoms with van der Waals surface area (Å²) in [6.45, 7) is 2.43. The molecular weight excluding hydrogens is 260 g/mol. The molecule has 0 bridgehead atoms. The number of amides is 1. The molecule has 112 valence electrons. The summed E-state index contributed by atoms with van der Waals surface area (Å²) in [5, 5.41) is 2.87. The molecule has 0 heterocycles. The number of nitrogen functional groups attached to an aromatic ring is 1. The predicted octanol–water partition coefficient (Wildman–Crippen LogP) is 1.44. The number of rotatable bonds is 7. The van der Waals surface area contributed by atoms with Crippen LogP contribution in [-0.4, -0.2) is 39.9 Å². The van der Waals surface area contributed by atoms with E-state index in [1.165, 1.54) is 14.2 Å². The van der Waals surface area contributed by atoms with Gasteiger partial charge in [-0.1, -0.05) is 6.92 Å². The molecule has 0 aliphatic heterocycles. The van der Waals surface area contributed by atoms with Gasteiger partial charge in [0.25, 0.3) is 5.91 Å². The molecule has 1 aromatic rings. The molecule has 0 aliphatic rings. The van der Waals surface area contributed by atoms with Gasteiger partial charge in [-0.3, -0.25) is 4.79 Å². The van der Waals surface area contributed by atoms with E-state index >= 15 is 0 Å². The van der Waals surface area contributed by atoms with Crippen LogP contribution in [0.15, 0.2) is 12.1 Å². The quantitative estimate of drug-likeness (QED) is 0.739. The van der Waals surface area contributed by atoms with E-state index in [9.17, 15) is 4.79 Å². The number of carbonyl (C=O) groups excluding carboxylic acids is 1. The average molecular weight is 282 g/mol. The maximum Gasteiger partial charge on any atom is 0.253 e.